The van der Waals surface area contributed by atoms with E-state index < -0.39 is 5.97 Å². The predicted molar refractivity (Wildman–Crippen MR) is 85.3 cm³/mol. The third kappa shape index (κ3) is 4.09. The molecule has 0 saturated heterocycles. The maximum Gasteiger partial charge on any atom is 0.325 e. The summed E-state index contributed by atoms with van der Waals surface area (Å²) in [6.45, 7) is 1.88. The molecule has 0 heterocycles. The summed E-state index contributed by atoms with van der Waals surface area (Å²) in [5, 5.41) is 2.52. The maximum atomic E-state index is 11.9. The Morgan fingerprint density at radius 1 is 1.00 bits per heavy atom. The monoisotopic (exact) mass is 298 g/mol. The topological polar surface area (TPSA) is 81.4 Å². The number of amides is 1. The lowest BCUT2D eigenvalue weighted by atomic mass is 10.0. The molecule has 0 atom stereocenters. The fraction of sp³-hybridized carbons (Fsp3) is 0.176. The van der Waals surface area contributed by atoms with E-state index >= 15 is 0 Å². The van der Waals surface area contributed by atoms with E-state index in [9.17, 15) is 9.59 Å². The minimum absolute atomic E-state index is 0.133. The quantitative estimate of drug-likeness (QED) is 0.655. The summed E-state index contributed by atoms with van der Waals surface area (Å²) in [7, 11) is 0. The second kappa shape index (κ2) is 7.26. The van der Waals surface area contributed by atoms with Gasteiger partial charge in [0.2, 0.25) is 0 Å². The van der Waals surface area contributed by atoms with Gasteiger partial charge in [-0.15, -0.1) is 0 Å². The van der Waals surface area contributed by atoms with Crippen LogP contribution >= 0.6 is 0 Å². The standard InChI is InChI=1S/C17H18N2O3/c1-2-22-16(20)11-19-17(21)14-5-3-12(4-6-14)13-7-9-15(18)10-8-13/h3-10H,2,11,18H2,1H3,(H,19,21). The summed E-state index contributed by atoms with van der Waals surface area (Å²) in [5.74, 6) is -0.758. The van der Waals surface area contributed by atoms with Gasteiger partial charge in [0.15, 0.2) is 0 Å². The molecule has 0 fully saturated rings. The Kier molecular flexibility index (Phi) is 5.14. The highest BCUT2D eigenvalue weighted by molar-refractivity contribution is 5.96. The van der Waals surface area contributed by atoms with E-state index in [1.807, 2.05) is 36.4 Å². The number of nitrogen functional groups attached to an aromatic ring is 1. The van der Waals surface area contributed by atoms with Gasteiger partial charge in [0.25, 0.3) is 5.91 Å². The van der Waals surface area contributed by atoms with Gasteiger partial charge in [-0.1, -0.05) is 24.3 Å². The number of nitrogens with two attached hydrogens (primary N) is 1. The van der Waals surface area contributed by atoms with Crippen LogP contribution in [0.2, 0.25) is 0 Å². The molecule has 114 valence electrons. The minimum Gasteiger partial charge on any atom is -0.465 e. The van der Waals surface area contributed by atoms with Crippen LogP contribution in [0.4, 0.5) is 5.69 Å². The van der Waals surface area contributed by atoms with Gasteiger partial charge in [-0.05, 0) is 42.3 Å². The molecule has 5 nitrogen and oxygen atoms in total. The average Bonchev–Trinajstić information content (AvgIpc) is 2.54. The first-order chi connectivity index (χ1) is 10.6. The lowest BCUT2D eigenvalue weighted by molar-refractivity contribution is -0.141. The fourth-order valence-corrected chi connectivity index (χ4v) is 1.96. The Hall–Kier alpha value is -2.82. The number of rotatable bonds is 5. The second-order valence-electron chi connectivity index (χ2n) is 4.69. The highest BCUT2D eigenvalue weighted by Crippen LogP contribution is 2.20. The highest BCUT2D eigenvalue weighted by Gasteiger charge is 2.08. The van der Waals surface area contributed by atoms with Crippen LogP contribution in [0.5, 0.6) is 0 Å². The average molecular weight is 298 g/mol. The largest absolute Gasteiger partial charge is 0.465 e. The van der Waals surface area contributed by atoms with Crippen molar-refractivity contribution in [3.05, 3.63) is 54.1 Å². The van der Waals surface area contributed by atoms with Crippen LogP contribution in [0.25, 0.3) is 11.1 Å². The van der Waals surface area contributed by atoms with Crippen LogP contribution in [0.3, 0.4) is 0 Å². The normalized spacial score (nSPS) is 10.0. The summed E-state index contributed by atoms with van der Waals surface area (Å²) in [4.78, 5) is 23.1. The van der Waals surface area contributed by atoms with Gasteiger partial charge in [-0.3, -0.25) is 9.59 Å². The van der Waals surface area contributed by atoms with E-state index in [0.717, 1.165) is 11.1 Å². The molecule has 22 heavy (non-hydrogen) atoms. The molecule has 0 aromatic heterocycles. The number of hydrogen-bond acceptors (Lipinski definition) is 4. The Balaban J connectivity index is 2.00. The zero-order chi connectivity index (χ0) is 15.9. The second-order valence-corrected chi connectivity index (χ2v) is 4.69. The molecular weight excluding hydrogens is 280 g/mol. The third-order valence-corrected chi connectivity index (χ3v) is 3.09. The van der Waals surface area contributed by atoms with Crippen molar-refractivity contribution >= 4 is 17.6 Å². The van der Waals surface area contributed by atoms with E-state index in [1.165, 1.54) is 0 Å². The maximum absolute atomic E-state index is 11.9. The number of hydrogen-bond donors (Lipinski definition) is 2. The molecule has 2 aromatic rings. The van der Waals surface area contributed by atoms with Crippen LogP contribution in [0, 0.1) is 0 Å². The van der Waals surface area contributed by atoms with Crippen molar-refractivity contribution in [3.8, 4) is 11.1 Å². The fourth-order valence-electron chi connectivity index (χ4n) is 1.96. The van der Waals surface area contributed by atoms with E-state index in [4.69, 9.17) is 10.5 Å². The van der Waals surface area contributed by atoms with Crippen molar-refractivity contribution in [1.82, 2.24) is 5.32 Å². The molecular formula is C17H18N2O3. The SMILES string of the molecule is CCOC(=O)CNC(=O)c1ccc(-c2ccc(N)cc2)cc1. The molecule has 0 unspecified atom stereocenters. The number of nitrogens with one attached hydrogen (secondary N) is 1. The summed E-state index contributed by atoms with van der Waals surface area (Å²) < 4.78 is 4.75. The van der Waals surface area contributed by atoms with Crippen molar-refractivity contribution in [2.24, 2.45) is 0 Å². The number of ether oxygens (including phenoxy) is 1. The molecule has 2 aromatic carbocycles. The van der Waals surface area contributed by atoms with Crippen LogP contribution in [-0.4, -0.2) is 25.0 Å². The van der Waals surface area contributed by atoms with E-state index in [0.29, 0.717) is 17.9 Å². The van der Waals surface area contributed by atoms with Gasteiger partial charge in [-0.25, -0.2) is 0 Å². The van der Waals surface area contributed by atoms with Crippen LogP contribution < -0.4 is 11.1 Å². The molecule has 0 saturated carbocycles. The summed E-state index contributed by atoms with van der Waals surface area (Å²) in [6, 6.07) is 14.6. The molecule has 0 aliphatic carbocycles. The number of esters is 1. The van der Waals surface area contributed by atoms with Gasteiger partial charge < -0.3 is 15.8 Å². The molecule has 0 spiro atoms. The number of carbonyl (C=O) groups excluding carboxylic acids is 2. The van der Waals surface area contributed by atoms with E-state index in [2.05, 4.69) is 5.32 Å². The van der Waals surface area contributed by atoms with Gasteiger partial charge in [0, 0.05) is 11.3 Å². The molecule has 2 rings (SSSR count). The van der Waals surface area contributed by atoms with Crippen molar-refractivity contribution in [3.63, 3.8) is 0 Å². The van der Waals surface area contributed by atoms with Gasteiger partial charge in [0.05, 0.1) is 6.61 Å². The molecule has 0 aliphatic heterocycles. The Labute approximate surface area is 129 Å². The van der Waals surface area contributed by atoms with E-state index in [1.54, 1.807) is 19.1 Å². The minimum atomic E-state index is -0.450. The summed E-state index contributed by atoms with van der Waals surface area (Å²) in [5.41, 5.74) is 8.86. The molecule has 1 amide bonds. The molecule has 0 radical (unpaired) electrons. The molecule has 3 N–H and O–H groups in total. The molecule has 0 aliphatic rings. The molecule has 5 heteroatoms. The highest BCUT2D eigenvalue weighted by atomic mass is 16.5. The van der Waals surface area contributed by atoms with Crippen LogP contribution in [0.1, 0.15) is 17.3 Å². The summed E-state index contributed by atoms with van der Waals surface area (Å²) >= 11 is 0. The van der Waals surface area contributed by atoms with E-state index in [-0.39, 0.29) is 12.5 Å². The first-order valence-corrected chi connectivity index (χ1v) is 7.00. The smallest absolute Gasteiger partial charge is 0.325 e. The van der Waals surface area contributed by atoms with Crippen LogP contribution in [0.15, 0.2) is 48.5 Å². The summed E-state index contributed by atoms with van der Waals surface area (Å²) in [6.07, 6.45) is 0. The Morgan fingerprint density at radius 2 is 1.55 bits per heavy atom. The zero-order valence-corrected chi connectivity index (χ0v) is 12.3. The zero-order valence-electron chi connectivity index (χ0n) is 12.3. The predicted octanol–water partition coefficient (Wildman–Crippen LogP) is 2.23. The first kappa shape index (κ1) is 15.6. The first-order valence-electron chi connectivity index (χ1n) is 7.00. The Bertz CT molecular complexity index is 649. The van der Waals surface area contributed by atoms with Gasteiger partial charge in [-0.2, -0.15) is 0 Å². The lowest BCUT2D eigenvalue weighted by Gasteiger charge is -2.06. The third-order valence-electron chi connectivity index (χ3n) is 3.09. The van der Waals surface area contributed by atoms with Crippen LogP contribution in [-0.2, 0) is 9.53 Å². The number of carbonyl (C=O) groups is 2. The van der Waals surface area contributed by atoms with Gasteiger partial charge >= 0.3 is 5.97 Å². The van der Waals surface area contributed by atoms with Crippen molar-refractivity contribution < 1.29 is 14.3 Å². The molecule has 0 bridgehead atoms. The van der Waals surface area contributed by atoms with Crippen molar-refractivity contribution in [1.29, 1.82) is 0 Å². The van der Waals surface area contributed by atoms with Crippen molar-refractivity contribution in [2.45, 2.75) is 6.92 Å². The lowest BCUT2D eigenvalue weighted by Crippen LogP contribution is -2.30. The van der Waals surface area contributed by atoms with Crippen molar-refractivity contribution in [2.75, 3.05) is 18.9 Å². The Morgan fingerprint density at radius 3 is 2.09 bits per heavy atom. The number of benzene rings is 2. The number of anilines is 1. The van der Waals surface area contributed by atoms with Gasteiger partial charge in [0.1, 0.15) is 6.54 Å².